The van der Waals surface area contributed by atoms with Gasteiger partial charge in [-0.15, -0.1) is 11.6 Å². The van der Waals surface area contributed by atoms with Crippen molar-refractivity contribution < 1.29 is 0 Å². The quantitative estimate of drug-likeness (QED) is 0.775. The van der Waals surface area contributed by atoms with Crippen molar-refractivity contribution in [3.63, 3.8) is 0 Å². The number of H-pyrrole nitrogens is 1. The summed E-state index contributed by atoms with van der Waals surface area (Å²) in [6.45, 7) is 0. The second-order valence-electron chi connectivity index (χ2n) is 3.86. The van der Waals surface area contributed by atoms with Crippen LogP contribution in [-0.4, -0.2) is 31.4 Å². The van der Waals surface area contributed by atoms with Crippen LogP contribution in [0.2, 0.25) is 0 Å². The van der Waals surface area contributed by atoms with Crippen LogP contribution >= 0.6 is 11.6 Å². The highest BCUT2D eigenvalue weighted by atomic mass is 35.5. The number of aromatic nitrogens is 4. The lowest BCUT2D eigenvalue weighted by atomic mass is 10.3. The number of nitrogens with zero attached hydrogens (tertiary/aromatic N) is 3. The summed E-state index contributed by atoms with van der Waals surface area (Å²) in [7, 11) is 0. The number of halogens is 1. The number of fused-ring (bicyclic) bond motifs is 1. The molecule has 1 aliphatic rings. The average molecular weight is 224 g/mol. The van der Waals surface area contributed by atoms with Crippen molar-refractivity contribution >= 4 is 28.6 Å². The first-order chi connectivity index (χ1) is 7.33. The molecule has 1 saturated carbocycles. The molecule has 0 amide bonds. The molecule has 0 bridgehead atoms. The topological polar surface area (TPSA) is 66.5 Å². The highest BCUT2D eigenvalue weighted by Gasteiger charge is 2.42. The van der Waals surface area contributed by atoms with E-state index in [1.807, 2.05) is 0 Å². The standard InChI is InChI=1S/C9H10ClN5/c10-3-9(1-2-9)15-8-6-7(12-4-11-6)13-5-14-8/h4-5H,1-3H2,(H2,11,12,13,14,15). The average Bonchev–Trinajstić information content (AvgIpc) is 2.87. The Balaban J connectivity index is 2.00. The summed E-state index contributed by atoms with van der Waals surface area (Å²) in [4.78, 5) is 15.3. The maximum atomic E-state index is 5.90. The zero-order valence-corrected chi connectivity index (χ0v) is 8.75. The fourth-order valence-electron chi connectivity index (χ4n) is 1.55. The van der Waals surface area contributed by atoms with Crippen molar-refractivity contribution in [1.82, 2.24) is 19.9 Å². The summed E-state index contributed by atoms with van der Waals surface area (Å²) in [5.41, 5.74) is 1.56. The summed E-state index contributed by atoms with van der Waals surface area (Å²) < 4.78 is 0. The first-order valence-corrected chi connectivity index (χ1v) is 5.35. The van der Waals surface area contributed by atoms with Crippen molar-refractivity contribution in [2.24, 2.45) is 0 Å². The molecule has 1 aliphatic carbocycles. The molecule has 2 aromatic rings. The number of rotatable bonds is 3. The van der Waals surface area contributed by atoms with Gasteiger partial charge in [0.05, 0.1) is 11.9 Å². The van der Waals surface area contributed by atoms with E-state index in [0.717, 1.165) is 24.2 Å². The zero-order chi connectivity index (χ0) is 10.3. The largest absolute Gasteiger partial charge is 0.362 e. The van der Waals surface area contributed by atoms with Crippen molar-refractivity contribution in [1.29, 1.82) is 0 Å². The van der Waals surface area contributed by atoms with E-state index in [9.17, 15) is 0 Å². The van der Waals surface area contributed by atoms with Gasteiger partial charge < -0.3 is 10.3 Å². The molecule has 78 valence electrons. The van der Waals surface area contributed by atoms with Gasteiger partial charge in [-0.3, -0.25) is 0 Å². The summed E-state index contributed by atoms with van der Waals surface area (Å²) in [5.74, 6) is 1.39. The van der Waals surface area contributed by atoms with E-state index < -0.39 is 0 Å². The minimum atomic E-state index is 0.0357. The molecule has 6 heteroatoms. The van der Waals surface area contributed by atoms with Gasteiger partial charge in [-0.1, -0.05) is 0 Å². The van der Waals surface area contributed by atoms with Gasteiger partial charge in [0, 0.05) is 5.88 Å². The fraction of sp³-hybridized carbons (Fsp3) is 0.444. The first kappa shape index (κ1) is 8.91. The van der Waals surface area contributed by atoms with Gasteiger partial charge in [-0.05, 0) is 12.8 Å². The molecular formula is C9H10ClN5. The third-order valence-electron chi connectivity index (χ3n) is 2.72. The first-order valence-electron chi connectivity index (χ1n) is 4.81. The Kier molecular flexibility index (Phi) is 1.82. The highest BCUT2D eigenvalue weighted by Crippen LogP contribution is 2.40. The third kappa shape index (κ3) is 1.43. The summed E-state index contributed by atoms with van der Waals surface area (Å²) in [6.07, 6.45) is 5.31. The monoisotopic (exact) mass is 223 g/mol. The Bertz CT molecular complexity index is 490. The predicted octanol–water partition coefficient (Wildman–Crippen LogP) is 1.54. The molecule has 0 spiro atoms. The van der Waals surface area contributed by atoms with E-state index in [0.29, 0.717) is 11.5 Å². The number of anilines is 1. The smallest absolute Gasteiger partial charge is 0.182 e. The van der Waals surface area contributed by atoms with Crippen LogP contribution in [0.3, 0.4) is 0 Å². The van der Waals surface area contributed by atoms with Crippen molar-refractivity contribution in [3.8, 4) is 0 Å². The van der Waals surface area contributed by atoms with E-state index in [1.165, 1.54) is 6.33 Å². The van der Waals surface area contributed by atoms with Gasteiger partial charge >= 0.3 is 0 Å². The van der Waals surface area contributed by atoms with Gasteiger partial charge in [0.15, 0.2) is 11.5 Å². The Hall–Kier alpha value is -1.36. The molecule has 0 unspecified atom stereocenters. The molecule has 0 radical (unpaired) electrons. The normalized spacial score (nSPS) is 17.9. The molecular weight excluding hydrogens is 214 g/mol. The lowest BCUT2D eigenvalue weighted by molar-refractivity contribution is 0.830. The molecule has 0 saturated heterocycles. The Labute approximate surface area is 91.3 Å². The molecule has 15 heavy (non-hydrogen) atoms. The Morgan fingerprint density at radius 3 is 3.00 bits per heavy atom. The molecule has 3 rings (SSSR count). The minimum Gasteiger partial charge on any atom is -0.362 e. The molecule has 0 aromatic carbocycles. The van der Waals surface area contributed by atoms with Crippen LogP contribution < -0.4 is 5.32 Å². The van der Waals surface area contributed by atoms with Crippen LogP contribution in [-0.2, 0) is 0 Å². The minimum absolute atomic E-state index is 0.0357. The molecule has 2 aromatic heterocycles. The summed E-state index contributed by atoms with van der Waals surface area (Å²) in [6, 6.07) is 0. The zero-order valence-electron chi connectivity index (χ0n) is 8.00. The third-order valence-corrected chi connectivity index (χ3v) is 3.23. The van der Waals surface area contributed by atoms with E-state index in [4.69, 9.17) is 11.6 Å². The molecule has 2 heterocycles. The molecule has 0 aliphatic heterocycles. The Morgan fingerprint density at radius 2 is 2.27 bits per heavy atom. The van der Waals surface area contributed by atoms with Crippen LogP contribution in [0, 0.1) is 0 Å². The van der Waals surface area contributed by atoms with E-state index in [-0.39, 0.29) is 5.54 Å². The van der Waals surface area contributed by atoms with Gasteiger partial charge in [0.25, 0.3) is 0 Å². The number of imidazole rings is 1. The summed E-state index contributed by atoms with van der Waals surface area (Å²) in [5, 5.41) is 3.35. The number of aromatic amines is 1. The van der Waals surface area contributed by atoms with Crippen LogP contribution in [0.4, 0.5) is 5.82 Å². The predicted molar refractivity (Wildman–Crippen MR) is 58.0 cm³/mol. The maximum Gasteiger partial charge on any atom is 0.182 e. The number of hydrogen-bond donors (Lipinski definition) is 2. The second kappa shape index (κ2) is 3.06. The fourth-order valence-corrected chi connectivity index (χ4v) is 1.89. The lowest BCUT2D eigenvalue weighted by Gasteiger charge is -2.14. The van der Waals surface area contributed by atoms with Gasteiger partial charge in [0.1, 0.15) is 11.8 Å². The SMILES string of the molecule is ClCC1(Nc2ncnc3nc[nH]c23)CC1. The Morgan fingerprint density at radius 1 is 1.40 bits per heavy atom. The van der Waals surface area contributed by atoms with E-state index >= 15 is 0 Å². The van der Waals surface area contributed by atoms with Crippen molar-refractivity contribution in [2.45, 2.75) is 18.4 Å². The number of alkyl halides is 1. The van der Waals surface area contributed by atoms with Crippen LogP contribution in [0.25, 0.3) is 11.2 Å². The van der Waals surface area contributed by atoms with Gasteiger partial charge in [0.2, 0.25) is 0 Å². The van der Waals surface area contributed by atoms with Crippen LogP contribution in [0.5, 0.6) is 0 Å². The van der Waals surface area contributed by atoms with Crippen molar-refractivity contribution in [3.05, 3.63) is 12.7 Å². The molecule has 5 nitrogen and oxygen atoms in total. The van der Waals surface area contributed by atoms with Gasteiger partial charge in [-0.2, -0.15) is 0 Å². The number of nitrogens with one attached hydrogen (secondary N) is 2. The molecule has 2 N–H and O–H groups in total. The number of hydrogen-bond acceptors (Lipinski definition) is 4. The second-order valence-corrected chi connectivity index (χ2v) is 4.13. The van der Waals surface area contributed by atoms with Crippen molar-refractivity contribution in [2.75, 3.05) is 11.2 Å². The highest BCUT2D eigenvalue weighted by molar-refractivity contribution is 6.19. The van der Waals surface area contributed by atoms with E-state index in [1.54, 1.807) is 6.33 Å². The lowest BCUT2D eigenvalue weighted by Crippen LogP contribution is -2.23. The molecule has 0 atom stereocenters. The van der Waals surface area contributed by atoms with E-state index in [2.05, 4.69) is 25.3 Å². The van der Waals surface area contributed by atoms with Crippen LogP contribution in [0.15, 0.2) is 12.7 Å². The van der Waals surface area contributed by atoms with Crippen LogP contribution in [0.1, 0.15) is 12.8 Å². The maximum absolute atomic E-state index is 5.90. The molecule has 1 fully saturated rings. The summed E-state index contributed by atoms with van der Waals surface area (Å²) >= 11 is 5.90. The van der Waals surface area contributed by atoms with Gasteiger partial charge in [-0.25, -0.2) is 15.0 Å².